The Bertz CT molecular complexity index is 586. The van der Waals surface area contributed by atoms with Crippen LogP contribution in [0.25, 0.3) is 0 Å². The van der Waals surface area contributed by atoms with Crippen LogP contribution in [0.3, 0.4) is 0 Å². The molecule has 0 aliphatic rings. The summed E-state index contributed by atoms with van der Waals surface area (Å²) in [5, 5.41) is 14.7. The van der Waals surface area contributed by atoms with E-state index >= 15 is 0 Å². The molecule has 21 heavy (non-hydrogen) atoms. The molecule has 0 aliphatic carbocycles. The second kappa shape index (κ2) is 7.28. The van der Waals surface area contributed by atoms with E-state index in [1.165, 1.54) is 0 Å². The van der Waals surface area contributed by atoms with Gasteiger partial charge in [-0.3, -0.25) is 0 Å². The standard InChI is InChI=1S/C14H19ClN4O2/c1-9(2)7-16-8-13-18-19-14(21-13)17-12-6-10(20-3)4-5-11(12)15/h4-6,9,16H,7-8H2,1-3H3,(H,17,19). The molecule has 0 bridgehead atoms. The third-order valence-electron chi connectivity index (χ3n) is 2.71. The number of methoxy groups -OCH3 is 1. The van der Waals surface area contributed by atoms with E-state index < -0.39 is 0 Å². The van der Waals surface area contributed by atoms with E-state index in [1.807, 2.05) is 0 Å². The number of benzene rings is 1. The maximum Gasteiger partial charge on any atom is 0.320 e. The van der Waals surface area contributed by atoms with Gasteiger partial charge in [-0.05, 0) is 24.6 Å². The van der Waals surface area contributed by atoms with Gasteiger partial charge in [0.25, 0.3) is 0 Å². The van der Waals surface area contributed by atoms with Gasteiger partial charge in [0.1, 0.15) is 5.75 Å². The monoisotopic (exact) mass is 310 g/mol. The Hall–Kier alpha value is -1.79. The lowest BCUT2D eigenvalue weighted by molar-refractivity contribution is 0.415. The third-order valence-corrected chi connectivity index (χ3v) is 3.04. The zero-order chi connectivity index (χ0) is 15.2. The Labute approximate surface area is 128 Å². The first kappa shape index (κ1) is 15.6. The molecule has 0 spiro atoms. The molecule has 1 heterocycles. The lowest BCUT2D eigenvalue weighted by atomic mass is 10.2. The van der Waals surface area contributed by atoms with Crippen molar-refractivity contribution in [2.75, 3.05) is 19.0 Å². The number of ether oxygens (including phenoxy) is 1. The van der Waals surface area contributed by atoms with Gasteiger partial charge >= 0.3 is 6.01 Å². The molecule has 2 N–H and O–H groups in total. The van der Waals surface area contributed by atoms with E-state index in [-0.39, 0.29) is 0 Å². The van der Waals surface area contributed by atoms with Crippen molar-refractivity contribution in [2.24, 2.45) is 5.92 Å². The normalized spacial score (nSPS) is 10.9. The summed E-state index contributed by atoms with van der Waals surface area (Å²) in [6.45, 7) is 5.71. The van der Waals surface area contributed by atoms with Crippen LogP contribution in [0, 0.1) is 5.92 Å². The van der Waals surface area contributed by atoms with Gasteiger partial charge in [-0.15, -0.1) is 5.10 Å². The molecule has 1 aromatic carbocycles. The highest BCUT2D eigenvalue weighted by atomic mass is 35.5. The average molecular weight is 311 g/mol. The number of nitrogens with zero attached hydrogens (tertiary/aromatic N) is 2. The molecule has 114 valence electrons. The number of aromatic nitrogens is 2. The van der Waals surface area contributed by atoms with Crippen molar-refractivity contribution in [1.82, 2.24) is 15.5 Å². The van der Waals surface area contributed by atoms with Crippen LogP contribution >= 0.6 is 11.6 Å². The molecule has 0 saturated carbocycles. The minimum atomic E-state index is 0.298. The molecule has 0 atom stereocenters. The Morgan fingerprint density at radius 2 is 2.14 bits per heavy atom. The summed E-state index contributed by atoms with van der Waals surface area (Å²) < 4.78 is 10.7. The summed E-state index contributed by atoms with van der Waals surface area (Å²) in [6, 6.07) is 5.59. The summed E-state index contributed by atoms with van der Waals surface area (Å²) in [6.07, 6.45) is 0. The lowest BCUT2D eigenvalue weighted by Crippen LogP contribution is -2.19. The molecule has 0 aliphatic heterocycles. The Morgan fingerprint density at radius 3 is 2.86 bits per heavy atom. The predicted octanol–water partition coefficient (Wildman–Crippen LogP) is 3.22. The minimum absolute atomic E-state index is 0.298. The van der Waals surface area contributed by atoms with Crippen LogP contribution in [0.1, 0.15) is 19.7 Å². The van der Waals surface area contributed by atoms with E-state index in [0.717, 1.165) is 6.54 Å². The first-order valence-electron chi connectivity index (χ1n) is 6.72. The lowest BCUT2D eigenvalue weighted by Gasteiger charge is -2.06. The summed E-state index contributed by atoms with van der Waals surface area (Å²) in [5.41, 5.74) is 0.654. The summed E-state index contributed by atoms with van der Waals surface area (Å²) in [4.78, 5) is 0. The second-order valence-corrected chi connectivity index (χ2v) is 5.40. The highest BCUT2D eigenvalue weighted by Gasteiger charge is 2.09. The number of anilines is 2. The fourth-order valence-corrected chi connectivity index (χ4v) is 1.85. The van der Waals surface area contributed by atoms with Gasteiger partial charge in [-0.1, -0.05) is 30.5 Å². The van der Waals surface area contributed by atoms with Gasteiger partial charge < -0.3 is 19.8 Å². The van der Waals surface area contributed by atoms with Crippen molar-refractivity contribution >= 4 is 23.3 Å². The fourth-order valence-electron chi connectivity index (χ4n) is 1.69. The van der Waals surface area contributed by atoms with Crippen molar-refractivity contribution in [3.63, 3.8) is 0 Å². The van der Waals surface area contributed by atoms with Gasteiger partial charge in [-0.25, -0.2) is 0 Å². The van der Waals surface area contributed by atoms with Crippen molar-refractivity contribution in [3.05, 3.63) is 29.1 Å². The van der Waals surface area contributed by atoms with Crippen LogP contribution in [0.4, 0.5) is 11.7 Å². The van der Waals surface area contributed by atoms with Crippen LogP contribution < -0.4 is 15.4 Å². The smallest absolute Gasteiger partial charge is 0.320 e. The minimum Gasteiger partial charge on any atom is -0.497 e. The number of halogens is 1. The second-order valence-electron chi connectivity index (χ2n) is 5.00. The summed E-state index contributed by atoms with van der Waals surface area (Å²) in [7, 11) is 1.60. The fraction of sp³-hybridized carbons (Fsp3) is 0.429. The molecule has 0 amide bonds. The number of hydrogen-bond donors (Lipinski definition) is 2. The van der Waals surface area contributed by atoms with E-state index in [2.05, 4.69) is 34.7 Å². The predicted molar refractivity (Wildman–Crippen MR) is 82.1 cm³/mol. The maximum atomic E-state index is 6.11. The average Bonchev–Trinajstić information content (AvgIpc) is 2.88. The molecule has 0 radical (unpaired) electrons. The summed E-state index contributed by atoms with van der Waals surface area (Å²) >= 11 is 6.11. The molecule has 0 saturated heterocycles. The van der Waals surface area contributed by atoms with Crippen LogP contribution in [-0.4, -0.2) is 23.9 Å². The molecule has 2 aromatic rings. The van der Waals surface area contributed by atoms with Crippen LogP contribution in [0.2, 0.25) is 5.02 Å². The van der Waals surface area contributed by atoms with Crippen LogP contribution in [0.5, 0.6) is 5.75 Å². The van der Waals surface area contributed by atoms with Gasteiger partial charge in [0.15, 0.2) is 0 Å². The number of nitrogens with one attached hydrogen (secondary N) is 2. The summed E-state index contributed by atoms with van der Waals surface area (Å²) in [5.74, 6) is 1.79. The highest BCUT2D eigenvalue weighted by molar-refractivity contribution is 6.33. The highest BCUT2D eigenvalue weighted by Crippen LogP contribution is 2.28. The molecular formula is C14H19ClN4O2. The van der Waals surface area contributed by atoms with Gasteiger partial charge in [0.2, 0.25) is 5.89 Å². The largest absolute Gasteiger partial charge is 0.497 e. The van der Waals surface area contributed by atoms with Gasteiger partial charge in [0, 0.05) is 6.07 Å². The molecule has 0 fully saturated rings. The Kier molecular flexibility index (Phi) is 5.41. The van der Waals surface area contributed by atoms with E-state index in [0.29, 0.717) is 40.8 Å². The molecule has 2 rings (SSSR count). The third kappa shape index (κ3) is 4.61. The zero-order valence-corrected chi connectivity index (χ0v) is 13.1. The van der Waals surface area contributed by atoms with Crippen molar-refractivity contribution in [3.8, 4) is 5.75 Å². The van der Waals surface area contributed by atoms with Gasteiger partial charge in [0.05, 0.1) is 24.4 Å². The first-order valence-corrected chi connectivity index (χ1v) is 7.10. The van der Waals surface area contributed by atoms with E-state index in [1.54, 1.807) is 25.3 Å². The molecule has 1 aromatic heterocycles. The number of hydrogen-bond acceptors (Lipinski definition) is 6. The zero-order valence-electron chi connectivity index (χ0n) is 12.3. The van der Waals surface area contributed by atoms with Gasteiger partial charge in [-0.2, -0.15) is 0 Å². The SMILES string of the molecule is COc1ccc(Cl)c(Nc2nnc(CNCC(C)C)o2)c1. The molecule has 0 unspecified atom stereocenters. The molecular weight excluding hydrogens is 292 g/mol. The number of rotatable bonds is 7. The van der Waals surface area contributed by atoms with E-state index in [4.69, 9.17) is 20.8 Å². The van der Waals surface area contributed by atoms with Crippen molar-refractivity contribution < 1.29 is 9.15 Å². The van der Waals surface area contributed by atoms with Crippen molar-refractivity contribution in [2.45, 2.75) is 20.4 Å². The molecule has 7 heteroatoms. The Balaban J connectivity index is 1.99. The topological polar surface area (TPSA) is 72.2 Å². The first-order chi connectivity index (χ1) is 10.1. The maximum absolute atomic E-state index is 6.11. The van der Waals surface area contributed by atoms with Crippen LogP contribution in [-0.2, 0) is 6.54 Å². The Morgan fingerprint density at radius 1 is 1.33 bits per heavy atom. The van der Waals surface area contributed by atoms with Crippen LogP contribution in [0.15, 0.2) is 22.6 Å². The quantitative estimate of drug-likeness (QED) is 0.818. The van der Waals surface area contributed by atoms with E-state index in [9.17, 15) is 0 Å². The molecule has 6 nitrogen and oxygen atoms in total. The van der Waals surface area contributed by atoms with Crippen molar-refractivity contribution in [1.29, 1.82) is 0 Å².